The summed E-state index contributed by atoms with van der Waals surface area (Å²) in [6.07, 6.45) is 0.809. The molecule has 2 aliphatic rings. The highest BCUT2D eigenvalue weighted by atomic mass is 32.2. The van der Waals surface area contributed by atoms with Crippen molar-refractivity contribution >= 4 is 21.6 Å². The highest BCUT2D eigenvalue weighted by Gasteiger charge is 2.37. The molecule has 3 heterocycles. The van der Waals surface area contributed by atoms with Gasteiger partial charge in [-0.1, -0.05) is 12.1 Å². The number of rotatable bonds is 2. The molecule has 0 spiro atoms. The molecule has 9 heteroatoms. The first-order valence-corrected chi connectivity index (χ1v) is 9.70. The Morgan fingerprint density at radius 1 is 1.23 bits per heavy atom. The number of sulfonamides is 1. The summed E-state index contributed by atoms with van der Waals surface area (Å²) in [6.45, 7) is 0.906. The highest BCUT2D eigenvalue weighted by molar-refractivity contribution is 7.89. The van der Waals surface area contributed by atoms with Gasteiger partial charge in [0, 0.05) is 24.7 Å². The third-order valence-corrected chi connectivity index (χ3v) is 6.15. The fourth-order valence-electron chi connectivity index (χ4n) is 3.35. The lowest BCUT2D eigenvalue weighted by Crippen LogP contribution is -2.54. The van der Waals surface area contributed by atoms with Gasteiger partial charge in [-0.2, -0.15) is 4.72 Å². The minimum Gasteiger partial charge on any atom is -0.360 e. The Bertz CT molecular complexity index is 949. The maximum absolute atomic E-state index is 13.0. The first-order chi connectivity index (χ1) is 12.4. The lowest BCUT2D eigenvalue weighted by molar-refractivity contribution is -0.131. The number of fused-ring (bicyclic) bond motifs is 1. The molecule has 4 rings (SSSR count). The number of nitrogens with zero attached hydrogens (tertiary/aromatic N) is 2. The van der Waals surface area contributed by atoms with E-state index in [4.69, 9.17) is 0 Å². The third-order valence-electron chi connectivity index (χ3n) is 4.66. The zero-order valence-electron chi connectivity index (χ0n) is 13.7. The fraction of sp³-hybridized carbons (Fsp3) is 0.294. The van der Waals surface area contributed by atoms with Gasteiger partial charge in [0.15, 0.2) is 6.17 Å². The van der Waals surface area contributed by atoms with Crippen LogP contribution in [0, 0.1) is 5.82 Å². The van der Waals surface area contributed by atoms with E-state index >= 15 is 0 Å². The molecule has 0 radical (unpaired) electrons. The summed E-state index contributed by atoms with van der Waals surface area (Å²) in [7, 11) is -3.75. The molecular formula is C17H17FN4O3S. The Morgan fingerprint density at radius 3 is 2.81 bits per heavy atom. The van der Waals surface area contributed by atoms with Crippen LogP contribution >= 0.6 is 0 Å². The molecule has 1 aromatic heterocycles. The Balaban J connectivity index is 1.50. The fourth-order valence-corrected chi connectivity index (χ4v) is 4.62. The van der Waals surface area contributed by atoms with Crippen LogP contribution < -0.4 is 10.0 Å². The quantitative estimate of drug-likeness (QED) is 0.824. The van der Waals surface area contributed by atoms with E-state index in [1.54, 1.807) is 29.2 Å². The van der Waals surface area contributed by atoms with E-state index in [0.717, 1.165) is 11.9 Å². The van der Waals surface area contributed by atoms with Crippen LogP contribution in [0.3, 0.4) is 0 Å². The zero-order valence-corrected chi connectivity index (χ0v) is 14.5. The summed E-state index contributed by atoms with van der Waals surface area (Å²) in [5.41, 5.74) is 1.13. The van der Waals surface area contributed by atoms with Crippen molar-refractivity contribution in [3.8, 4) is 0 Å². The molecule has 2 unspecified atom stereocenters. The summed E-state index contributed by atoms with van der Waals surface area (Å²) in [5.74, 6) is -0.737. The maximum atomic E-state index is 13.0. The molecule has 7 nitrogen and oxygen atoms in total. The lowest BCUT2D eigenvalue weighted by atomic mass is 10.0. The highest BCUT2D eigenvalue weighted by Crippen LogP contribution is 2.29. The SMILES string of the molecule is O=C(C1Nc2ccccc2S(=O)(=O)N1)N1CCC(c2ccc(F)cn2)C1. The molecular weight excluding hydrogens is 359 g/mol. The first kappa shape index (κ1) is 16.9. The van der Waals surface area contributed by atoms with E-state index in [-0.39, 0.29) is 16.7 Å². The van der Waals surface area contributed by atoms with Gasteiger partial charge < -0.3 is 10.2 Å². The smallest absolute Gasteiger partial charge is 0.261 e. The van der Waals surface area contributed by atoms with Crippen LogP contribution in [0.2, 0.25) is 0 Å². The van der Waals surface area contributed by atoms with Gasteiger partial charge >= 0.3 is 0 Å². The second kappa shape index (κ2) is 6.33. The molecule has 1 saturated heterocycles. The Labute approximate surface area is 150 Å². The summed E-state index contributed by atoms with van der Waals surface area (Å²) in [6, 6.07) is 9.41. The van der Waals surface area contributed by atoms with Gasteiger partial charge in [-0.25, -0.2) is 12.8 Å². The van der Waals surface area contributed by atoms with Crippen LogP contribution in [-0.2, 0) is 14.8 Å². The Morgan fingerprint density at radius 2 is 2.04 bits per heavy atom. The van der Waals surface area contributed by atoms with Crippen molar-refractivity contribution in [2.75, 3.05) is 18.4 Å². The van der Waals surface area contributed by atoms with Gasteiger partial charge in [0.1, 0.15) is 10.7 Å². The molecule has 1 fully saturated rings. The number of halogens is 1. The molecule has 1 aromatic carbocycles. The Hall–Kier alpha value is -2.52. The minimum absolute atomic E-state index is 0.00651. The summed E-state index contributed by atoms with van der Waals surface area (Å²) < 4.78 is 40.1. The van der Waals surface area contributed by atoms with Crippen molar-refractivity contribution in [3.63, 3.8) is 0 Å². The van der Waals surface area contributed by atoms with E-state index in [0.29, 0.717) is 25.2 Å². The van der Waals surface area contributed by atoms with Crippen molar-refractivity contribution in [2.24, 2.45) is 0 Å². The van der Waals surface area contributed by atoms with E-state index in [9.17, 15) is 17.6 Å². The van der Waals surface area contributed by atoms with E-state index in [1.807, 2.05) is 0 Å². The van der Waals surface area contributed by atoms with Gasteiger partial charge in [-0.15, -0.1) is 0 Å². The molecule has 0 bridgehead atoms. The van der Waals surface area contributed by atoms with Gasteiger partial charge in [0.05, 0.1) is 11.9 Å². The van der Waals surface area contributed by atoms with Gasteiger partial charge in [0.2, 0.25) is 10.0 Å². The van der Waals surface area contributed by atoms with Gasteiger partial charge in [0.25, 0.3) is 5.91 Å². The average Bonchev–Trinajstić information content (AvgIpc) is 3.11. The predicted octanol–water partition coefficient (Wildman–Crippen LogP) is 1.27. The summed E-state index contributed by atoms with van der Waals surface area (Å²) in [5, 5.41) is 2.94. The number of pyridine rings is 1. The number of aromatic nitrogens is 1. The maximum Gasteiger partial charge on any atom is 0.261 e. The van der Waals surface area contributed by atoms with Crippen LogP contribution in [0.15, 0.2) is 47.5 Å². The minimum atomic E-state index is -3.75. The number of benzene rings is 1. The summed E-state index contributed by atoms with van der Waals surface area (Å²) >= 11 is 0. The molecule has 2 atom stereocenters. The number of para-hydroxylation sites is 1. The van der Waals surface area contributed by atoms with E-state index < -0.39 is 22.0 Å². The van der Waals surface area contributed by atoms with Crippen LogP contribution in [0.25, 0.3) is 0 Å². The van der Waals surface area contributed by atoms with Gasteiger partial charge in [-0.3, -0.25) is 9.78 Å². The van der Waals surface area contributed by atoms with Crippen LogP contribution in [0.4, 0.5) is 10.1 Å². The molecule has 1 amide bonds. The topological polar surface area (TPSA) is 91.4 Å². The number of hydrogen-bond acceptors (Lipinski definition) is 5. The second-order valence-electron chi connectivity index (χ2n) is 6.37. The molecule has 26 heavy (non-hydrogen) atoms. The van der Waals surface area contributed by atoms with Crippen molar-refractivity contribution in [2.45, 2.75) is 23.4 Å². The number of nitrogens with one attached hydrogen (secondary N) is 2. The lowest BCUT2D eigenvalue weighted by Gasteiger charge is -2.30. The molecule has 136 valence electrons. The first-order valence-electron chi connectivity index (χ1n) is 8.22. The average molecular weight is 376 g/mol. The summed E-state index contributed by atoms with van der Waals surface area (Å²) in [4.78, 5) is 18.6. The van der Waals surface area contributed by atoms with E-state index in [1.165, 1.54) is 12.1 Å². The molecule has 2 N–H and O–H groups in total. The number of anilines is 1. The van der Waals surface area contributed by atoms with Crippen molar-refractivity contribution in [1.82, 2.24) is 14.6 Å². The molecule has 0 aliphatic carbocycles. The molecule has 2 aromatic rings. The largest absolute Gasteiger partial charge is 0.360 e. The Kier molecular flexibility index (Phi) is 4.12. The monoisotopic (exact) mass is 376 g/mol. The normalized spacial score (nSPS) is 24.0. The van der Waals surface area contributed by atoms with Crippen molar-refractivity contribution < 1.29 is 17.6 Å². The van der Waals surface area contributed by atoms with Crippen molar-refractivity contribution in [3.05, 3.63) is 54.1 Å². The van der Waals surface area contributed by atoms with Crippen LogP contribution in [-0.4, -0.2) is 43.5 Å². The number of carbonyl (C=O) groups is 1. The number of hydrogen-bond donors (Lipinski definition) is 2. The third kappa shape index (κ3) is 3.04. The van der Waals surface area contributed by atoms with Crippen molar-refractivity contribution in [1.29, 1.82) is 0 Å². The van der Waals surface area contributed by atoms with Crippen LogP contribution in [0.1, 0.15) is 18.0 Å². The van der Waals surface area contributed by atoms with E-state index in [2.05, 4.69) is 15.0 Å². The molecule has 2 aliphatic heterocycles. The predicted molar refractivity (Wildman–Crippen MR) is 92.3 cm³/mol. The zero-order chi connectivity index (χ0) is 18.3. The van der Waals surface area contributed by atoms with Crippen LogP contribution in [0.5, 0.6) is 0 Å². The molecule has 0 saturated carbocycles. The second-order valence-corrected chi connectivity index (χ2v) is 8.05. The van der Waals surface area contributed by atoms with Gasteiger partial charge in [-0.05, 0) is 30.7 Å². The number of carbonyl (C=O) groups excluding carboxylic acids is 1. The number of likely N-dealkylation sites (tertiary alicyclic amines) is 1. The standard InChI is InChI=1S/C17H17FN4O3S/c18-12-5-6-13(19-9-12)11-7-8-22(10-11)17(23)16-20-14-3-1-2-4-15(14)26(24,25)21-16/h1-6,9,11,16,20-21H,7-8,10H2. The number of amides is 1.